The number of amides is 2. The van der Waals surface area contributed by atoms with Gasteiger partial charge in [-0.2, -0.15) is 0 Å². The third-order valence-corrected chi connectivity index (χ3v) is 5.33. The maximum absolute atomic E-state index is 13.1. The fourth-order valence-corrected chi connectivity index (χ4v) is 3.65. The minimum atomic E-state index is -0.793. The number of carbonyl (C=O) groups is 3. The second-order valence-corrected chi connectivity index (χ2v) is 7.38. The molecule has 2 amide bonds. The Bertz CT molecular complexity index is 699. The molecule has 2 aliphatic rings. The van der Waals surface area contributed by atoms with E-state index in [1.807, 2.05) is 23.1 Å². The molecule has 1 aromatic carbocycles. The third kappa shape index (κ3) is 4.23. The molecule has 1 saturated carbocycles. The Hall–Kier alpha value is -2.37. The van der Waals surface area contributed by atoms with Crippen LogP contribution in [0.15, 0.2) is 24.3 Å². The second-order valence-electron chi connectivity index (χ2n) is 7.38. The number of nitrogens with zero attached hydrogens (tertiary/aromatic N) is 2. The van der Waals surface area contributed by atoms with Crippen molar-refractivity contribution in [3.8, 4) is 0 Å². The first-order valence-corrected chi connectivity index (χ1v) is 9.35. The monoisotopic (exact) mass is 358 g/mol. The van der Waals surface area contributed by atoms with Gasteiger partial charge in [0.2, 0.25) is 5.91 Å². The molecular weight excluding hydrogens is 332 g/mol. The Morgan fingerprint density at radius 2 is 1.92 bits per heavy atom. The fourth-order valence-electron chi connectivity index (χ4n) is 3.65. The predicted octanol–water partition coefficient (Wildman–Crippen LogP) is 2.78. The van der Waals surface area contributed by atoms with Gasteiger partial charge in [-0.25, -0.2) is 0 Å². The summed E-state index contributed by atoms with van der Waals surface area (Å²) in [5.74, 6) is -0.473. The van der Waals surface area contributed by atoms with Gasteiger partial charge in [0.25, 0.3) is 5.91 Å². The molecule has 2 fully saturated rings. The Balaban J connectivity index is 1.73. The van der Waals surface area contributed by atoms with Crippen LogP contribution in [0, 0.1) is 11.8 Å². The first-order chi connectivity index (χ1) is 12.5. The molecule has 1 unspecified atom stereocenters. The molecule has 26 heavy (non-hydrogen) atoms. The van der Waals surface area contributed by atoms with Gasteiger partial charge in [0.1, 0.15) is 0 Å². The van der Waals surface area contributed by atoms with Crippen molar-refractivity contribution in [1.29, 1.82) is 0 Å². The number of hydrogen-bond donors (Lipinski definition) is 1. The lowest BCUT2D eigenvalue weighted by Gasteiger charge is -2.33. The van der Waals surface area contributed by atoms with Gasteiger partial charge >= 0.3 is 5.97 Å². The van der Waals surface area contributed by atoms with Crippen molar-refractivity contribution in [2.24, 2.45) is 11.8 Å². The van der Waals surface area contributed by atoms with E-state index in [9.17, 15) is 14.4 Å². The summed E-state index contributed by atoms with van der Waals surface area (Å²) in [6.07, 6.45) is 4.43. The van der Waals surface area contributed by atoms with E-state index in [1.165, 1.54) is 0 Å². The number of carboxylic acid groups (broad SMARTS) is 1. The zero-order valence-corrected chi connectivity index (χ0v) is 15.2. The molecule has 1 aliphatic carbocycles. The Morgan fingerprint density at radius 1 is 1.19 bits per heavy atom. The average Bonchev–Trinajstić information content (AvgIpc) is 3.50. The summed E-state index contributed by atoms with van der Waals surface area (Å²) in [6, 6.07) is 7.25. The SMILES string of the molecule is CN(C(=O)C1CC1)c1ccccc1C(=O)N1CCCC(CCC(=O)O)C1. The van der Waals surface area contributed by atoms with E-state index in [0.717, 1.165) is 25.7 Å². The van der Waals surface area contributed by atoms with Crippen LogP contribution in [0.2, 0.25) is 0 Å². The average molecular weight is 358 g/mol. The highest BCUT2D eigenvalue weighted by Crippen LogP contribution is 2.33. The molecule has 1 aliphatic heterocycles. The van der Waals surface area contributed by atoms with E-state index >= 15 is 0 Å². The van der Waals surface area contributed by atoms with Gasteiger partial charge in [0.15, 0.2) is 0 Å². The number of carboxylic acids is 1. The molecule has 0 radical (unpaired) electrons. The quantitative estimate of drug-likeness (QED) is 0.848. The summed E-state index contributed by atoms with van der Waals surface area (Å²) in [5.41, 5.74) is 1.20. The van der Waals surface area contributed by atoms with Crippen LogP contribution in [0.25, 0.3) is 0 Å². The van der Waals surface area contributed by atoms with E-state index in [4.69, 9.17) is 5.11 Å². The third-order valence-electron chi connectivity index (χ3n) is 5.33. The Labute approximate surface area is 153 Å². The standard InChI is InChI=1S/C20H26N2O4/c1-21(19(25)15-9-10-15)17-7-3-2-6-16(17)20(26)22-12-4-5-14(13-22)8-11-18(23)24/h2-3,6-7,14-15H,4-5,8-13H2,1H3,(H,23,24). The van der Waals surface area contributed by atoms with Gasteiger partial charge in [0.05, 0.1) is 11.3 Å². The van der Waals surface area contributed by atoms with Gasteiger partial charge in [-0.15, -0.1) is 0 Å². The van der Waals surface area contributed by atoms with E-state index in [0.29, 0.717) is 30.8 Å². The van der Waals surface area contributed by atoms with E-state index < -0.39 is 5.97 Å². The molecule has 6 heteroatoms. The van der Waals surface area contributed by atoms with Crippen LogP contribution >= 0.6 is 0 Å². The van der Waals surface area contributed by atoms with Crippen molar-refractivity contribution in [1.82, 2.24) is 4.90 Å². The number of benzene rings is 1. The van der Waals surface area contributed by atoms with Crippen molar-refractivity contribution in [3.05, 3.63) is 29.8 Å². The molecule has 1 atom stereocenters. The van der Waals surface area contributed by atoms with Gasteiger partial charge < -0.3 is 14.9 Å². The van der Waals surface area contributed by atoms with Crippen LogP contribution in [0.4, 0.5) is 5.69 Å². The Morgan fingerprint density at radius 3 is 2.62 bits per heavy atom. The first-order valence-electron chi connectivity index (χ1n) is 9.35. The predicted molar refractivity (Wildman–Crippen MR) is 98.1 cm³/mol. The van der Waals surface area contributed by atoms with Crippen LogP contribution < -0.4 is 4.90 Å². The number of likely N-dealkylation sites (tertiary alicyclic amines) is 1. The number of hydrogen-bond acceptors (Lipinski definition) is 3. The summed E-state index contributed by atoms with van der Waals surface area (Å²) in [6.45, 7) is 1.26. The lowest BCUT2D eigenvalue weighted by molar-refractivity contribution is -0.137. The fraction of sp³-hybridized carbons (Fsp3) is 0.550. The normalized spacial score (nSPS) is 19.9. The molecule has 1 aromatic rings. The zero-order chi connectivity index (χ0) is 18.7. The number of aliphatic carboxylic acids is 1. The highest BCUT2D eigenvalue weighted by atomic mass is 16.4. The smallest absolute Gasteiger partial charge is 0.303 e. The summed E-state index contributed by atoms with van der Waals surface area (Å²) in [4.78, 5) is 39.7. The molecule has 0 aromatic heterocycles. The number of rotatable bonds is 6. The highest BCUT2D eigenvalue weighted by molar-refractivity contribution is 6.05. The summed E-state index contributed by atoms with van der Waals surface area (Å²) < 4.78 is 0. The molecular formula is C20H26N2O4. The Kier molecular flexibility index (Phi) is 5.59. The minimum absolute atomic E-state index is 0.0724. The highest BCUT2D eigenvalue weighted by Gasteiger charge is 2.34. The zero-order valence-electron chi connectivity index (χ0n) is 15.2. The lowest BCUT2D eigenvalue weighted by Crippen LogP contribution is -2.41. The maximum Gasteiger partial charge on any atom is 0.303 e. The lowest BCUT2D eigenvalue weighted by atomic mass is 9.93. The molecule has 3 rings (SSSR count). The number of anilines is 1. The second kappa shape index (κ2) is 7.89. The first kappa shape index (κ1) is 18.4. The van der Waals surface area contributed by atoms with Crippen LogP contribution in [0.3, 0.4) is 0 Å². The largest absolute Gasteiger partial charge is 0.481 e. The maximum atomic E-state index is 13.1. The van der Waals surface area contributed by atoms with E-state index in [-0.39, 0.29) is 30.1 Å². The molecule has 0 bridgehead atoms. The van der Waals surface area contributed by atoms with Crippen molar-refractivity contribution in [3.63, 3.8) is 0 Å². The topological polar surface area (TPSA) is 77.9 Å². The van der Waals surface area contributed by atoms with E-state index in [2.05, 4.69) is 0 Å². The van der Waals surface area contributed by atoms with Crippen molar-refractivity contribution < 1.29 is 19.5 Å². The van der Waals surface area contributed by atoms with Gasteiger partial charge in [-0.05, 0) is 50.2 Å². The molecule has 140 valence electrons. The summed E-state index contributed by atoms with van der Waals surface area (Å²) in [7, 11) is 1.73. The van der Waals surface area contributed by atoms with Crippen LogP contribution in [-0.2, 0) is 9.59 Å². The van der Waals surface area contributed by atoms with Crippen molar-refractivity contribution in [2.75, 3.05) is 25.0 Å². The molecule has 1 N–H and O–H groups in total. The van der Waals surface area contributed by atoms with Gasteiger partial charge in [0, 0.05) is 32.5 Å². The minimum Gasteiger partial charge on any atom is -0.481 e. The number of piperidine rings is 1. The van der Waals surface area contributed by atoms with E-state index in [1.54, 1.807) is 18.0 Å². The number of para-hydroxylation sites is 1. The van der Waals surface area contributed by atoms with Crippen molar-refractivity contribution >= 4 is 23.5 Å². The van der Waals surface area contributed by atoms with Crippen LogP contribution in [0.1, 0.15) is 48.9 Å². The molecule has 0 spiro atoms. The summed E-state index contributed by atoms with van der Waals surface area (Å²) in [5, 5.41) is 8.88. The molecule has 1 saturated heterocycles. The summed E-state index contributed by atoms with van der Waals surface area (Å²) >= 11 is 0. The van der Waals surface area contributed by atoms with Gasteiger partial charge in [-0.3, -0.25) is 14.4 Å². The number of carbonyl (C=O) groups excluding carboxylic acids is 2. The van der Waals surface area contributed by atoms with Crippen molar-refractivity contribution in [2.45, 2.75) is 38.5 Å². The van der Waals surface area contributed by atoms with Gasteiger partial charge in [-0.1, -0.05) is 12.1 Å². The van der Waals surface area contributed by atoms with Crippen LogP contribution in [-0.4, -0.2) is 47.9 Å². The van der Waals surface area contributed by atoms with Crippen LogP contribution in [0.5, 0.6) is 0 Å². The molecule has 1 heterocycles. The molecule has 6 nitrogen and oxygen atoms in total.